The average Bonchev–Trinajstić information content (AvgIpc) is 2.08. The van der Waals surface area contributed by atoms with Gasteiger partial charge >= 0.3 is 0 Å². The van der Waals surface area contributed by atoms with Crippen LogP contribution in [0, 0.1) is 5.82 Å². The van der Waals surface area contributed by atoms with Crippen LogP contribution in [0.2, 0.25) is 5.02 Å². The zero-order chi connectivity index (χ0) is 9.97. The van der Waals surface area contributed by atoms with E-state index in [1.807, 2.05) is 0 Å². The third-order valence-electron chi connectivity index (χ3n) is 2.69. The van der Waals surface area contributed by atoms with E-state index in [0.717, 1.165) is 0 Å². The van der Waals surface area contributed by atoms with E-state index in [9.17, 15) is 4.39 Å². The Morgan fingerprint density at radius 1 is 1.43 bits per heavy atom. The molecule has 0 unspecified atom stereocenters. The molecule has 0 amide bonds. The van der Waals surface area contributed by atoms with E-state index in [1.165, 1.54) is 25.3 Å². The first-order valence-corrected chi connectivity index (χ1v) is 5.31. The van der Waals surface area contributed by atoms with Crippen molar-refractivity contribution in [2.45, 2.75) is 31.8 Å². The summed E-state index contributed by atoms with van der Waals surface area (Å²) in [6.07, 6.45) is 3.71. The fraction of sp³-hybridized carbons (Fsp3) is 0.455. The predicted molar refractivity (Wildman–Crippen MR) is 55.9 cm³/mol. The van der Waals surface area contributed by atoms with Gasteiger partial charge in [-0.3, -0.25) is 0 Å². The van der Waals surface area contributed by atoms with Crippen LogP contribution in [0.5, 0.6) is 0 Å². The number of hydrogen-bond donors (Lipinski definition) is 1. The van der Waals surface area contributed by atoms with Gasteiger partial charge in [0, 0.05) is 23.2 Å². The minimum atomic E-state index is -0.179. The molecule has 0 spiro atoms. The Hall–Kier alpha value is -0.600. The number of rotatable bonds is 3. The number of hydrogen-bond acceptors (Lipinski definition) is 1. The Balaban J connectivity index is 1.96. The van der Waals surface area contributed by atoms with Crippen LogP contribution in [-0.4, -0.2) is 6.04 Å². The van der Waals surface area contributed by atoms with Crippen LogP contribution in [-0.2, 0) is 6.54 Å². The summed E-state index contributed by atoms with van der Waals surface area (Å²) >= 11 is 5.79. The molecule has 0 bridgehead atoms. The fourth-order valence-electron chi connectivity index (χ4n) is 1.55. The van der Waals surface area contributed by atoms with E-state index in [2.05, 4.69) is 5.32 Å². The third kappa shape index (κ3) is 2.25. The number of nitrogens with one attached hydrogen (secondary N) is 1. The summed E-state index contributed by atoms with van der Waals surface area (Å²) in [7, 11) is 0. The highest BCUT2D eigenvalue weighted by atomic mass is 35.5. The van der Waals surface area contributed by atoms with Gasteiger partial charge < -0.3 is 5.32 Å². The molecule has 1 N–H and O–H groups in total. The molecule has 0 aliphatic heterocycles. The zero-order valence-electron chi connectivity index (χ0n) is 7.89. The lowest BCUT2D eigenvalue weighted by molar-refractivity contribution is 0.336. The van der Waals surface area contributed by atoms with Crippen molar-refractivity contribution >= 4 is 11.6 Å². The smallest absolute Gasteiger partial charge is 0.127 e. The van der Waals surface area contributed by atoms with Crippen molar-refractivity contribution in [3.05, 3.63) is 34.6 Å². The van der Waals surface area contributed by atoms with E-state index < -0.39 is 0 Å². The van der Waals surface area contributed by atoms with E-state index in [4.69, 9.17) is 11.6 Å². The Labute approximate surface area is 88.3 Å². The molecule has 3 heteroatoms. The van der Waals surface area contributed by atoms with Crippen molar-refractivity contribution in [1.29, 1.82) is 0 Å². The molecule has 14 heavy (non-hydrogen) atoms. The fourth-order valence-corrected chi connectivity index (χ4v) is 1.74. The zero-order valence-corrected chi connectivity index (χ0v) is 8.65. The summed E-state index contributed by atoms with van der Waals surface area (Å²) in [5.74, 6) is -0.179. The van der Waals surface area contributed by atoms with Crippen molar-refractivity contribution in [2.24, 2.45) is 0 Å². The molecule has 1 fully saturated rings. The van der Waals surface area contributed by atoms with Crippen molar-refractivity contribution in [3.8, 4) is 0 Å². The SMILES string of the molecule is Fc1ccc(Cl)cc1CNC1CCC1. The van der Waals surface area contributed by atoms with Gasteiger partial charge in [-0.2, -0.15) is 0 Å². The normalized spacial score (nSPS) is 16.7. The second-order valence-electron chi connectivity index (χ2n) is 3.74. The lowest BCUT2D eigenvalue weighted by atomic mass is 9.93. The Bertz CT molecular complexity index is 323. The summed E-state index contributed by atoms with van der Waals surface area (Å²) in [5.41, 5.74) is 0.657. The maximum atomic E-state index is 13.2. The summed E-state index contributed by atoms with van der Waals surface area (Å²) in [4.78, 5) is 0. The summed E-state index contributed by atoms with van der Waals surface area (Å²) < 4.78 is 13.2. The highest BCUT2D eigenvalue weighted by molar-refractivity contribution is 6.30. The van der Waals surface area contributed by atoms with Gasteiger partial charge in [-0.25, -0.2) is 4.39 Å². The van der Waals surface area contributed by atoms with Crippen LogP contribution in [0.15, 0.2) is 18.2 Å². The number of benzene rings is 1. The molecule has 0 heterocycles. The van der Waals surface area contributed by atoms with Crippen molar-refractivity contribution in [1.82, 2.24) is 5.32 Å². The quantitative estimate of drug-likeness (QED) is 0.814. The molecule has 1 aliphatic rings. The molecule has 1 aromatic carbocycles. The number of halogens is 2. The molecular formula is C11H13ClFN. The van der Waals surface area contributed by atoms with E-state index >= 15 is 0 Å². The van der Waals surface area contributed by atoms with Crippen LogP contribution >= 0.6 is 11.6 Å². The topological polar surface area (TPSA) is 12.0 Å². The van der Waals surface area contributed by atoms with Gasteiger partial charge in [0.2, 0.25) is 0 Å². The maximum absolute atomic E-state index is 13.2. The summed E-state index contributed by atoms with van der Waals surface area (Å²) in [6.45, 7) is 0.580. The van der Waals surface area contributed by atoms with Crippen LogP contribution in [0.25, 0.3) is 0 Å². The summed E-state index contributed by atoms with van der Waals surface area (Å²) in [5, 5.41) is 3.90. The van der Waals surface area contributed by atoms with E-state index in [1.54, 1.807) is 12.1 Å². The second-order valence-corrected chi connectivity index (χ2v) is 4.18. The monoisotopic (exact) mass is 213 g/mol. The Morgan fingerprint density at radius 2 is 2.21 bits per heavy atom. The van der Waals surface area contributed by atoms with Crippen LogP contribution in [0.3, 0.4) is 0 Å². The molecule has 1 nitrogen and oxygen atoms in total. The van der Waals surface area contributed by atoms with Gasteiger partial charge in [-0.15, -0.1) is 0 Å². The third-order valence-corrected chi connectivity index (χ3v) is 2.93. The predicted octanol–water partition coefficient (Wildman–Crippen LogP) is 3.12. The first kappa shape index (κ1) is 9.94. The van der Waals surface area contributed by atoms with Gasteiger partial charge in [0.25, 0.3) is 0 Å². The highest BCUT2D eigenvalue weighted by Crippen LogP contribution is 2.20. The van der Waals surface area contributed by atoms with Crippen LogP contribution in [0.1, 0.15) is 24.8 Å². The second kappa shape index (κ2) is 4.28. The molecule has 2 rings (SSSR count). The van der Waals surface area contributed by atoms with E-state index in [0.29, 0.717) is 23.2 Å². The van der Waals surface area contributed by atoms with Crippen LogP contribution < -0.4 is 5.32 Å². The molecule has 0 radical (unpaired) electrons. The molecular weight excluding hydrogens is 201 g/mol. The van der Waals surface area contributed by atoms with Crippen molar-refractivity contribution in [3.63, 3.8) is 0 Å². The molecule has 0 aromatic heterocycles. The lowest BCUT2D eigenvalue weighted by Gasteiger charge is -2.26. The molecule has 1 aromatic rings. The highest BCUT2D eigenvalue weighted by Gasteiger charge is 2.16. The Morgan fingerprint density at radius 3 is 2.86 bits per heavy atom. The minimum absolute atomic E-state index is 0.179. The van der Waals surface area contributed by atoms with Crippen LogP contribution in [0.4, 0.5) is 4.39 Å². The Kier molecular flexibility index (Phi) is 3.04. The lowest BCUT2D eigenvalue weighted by Crippen LogP contribution is -2.34. The van der Waals surface area contributed by atoms with Gasteiger partial charge in [-0.05, 0) is 31.0 Å². The first-order valence-electron chi connectivity index (χ1n) is 4.93. The van der Waals surface area contributed by atoms with Gasteiger partial charge in [0.05, 0.1) is 0 Å². The largest absolute Gasteiger partial charge is 0.310 e. The minimum Gasteiger partial charge on any atom is -0.310 e. The first-order chi connectivity index (χ1) is 6.75. The molecule has 76 valence electrons. The van der Waals surface area contributed by atoms with Crippen molar-refractivity contribution in [2.75, 3.05) is 0 Å². The molecule has 0 saturated heterocycles. The maximum Gasteiger partial charge on any atom is 0.127 e. The molecule has 0 atom stereocenters. The summed E-state index contributed by atoms with van der Waals surface area (Å²) in [6, 6.07) is 5.25. The van der Waals surface area contributed by atoms with Gasteiger partial charge in [-0.1, -0.05) is 18.0 Å². The standard InChI is InChI=1S/C11H13ClFN/c12-9-4-5-11(13)8(6-9)7-14-10-2-1-3-10/h4-6,10,14H,1-3,7H2. The van der Waals surface area contributed by atoms with E-state index in [-0.39, 0.29) is 5.82 Å². The average molecular weight is 214 g/mol. The van der Waals surface area contributed by atoms with Crippen molar-refractivity contribution < 1.29 is 4.39 Å². The molecule has 1 saturated carbocycles. The molecule has 1 aliphatic carbocycles. The van der Waals surface area contributed by atoms with Gasteiger partial charge in [0.1, 0.15) is 5.82 Å². The van der Waals surface area contributed by atoms with Gasteiger partial charge in [0.15, 0.2) is 0 Å².